The standard InChI is InChI=1S/C14H19NO.C2H6/c1-3-12-8-4-5-9-13(12)14(16)15-10-6-7-11(15)2;1-2/h4-5,8-9,11H,3,6-7,10H2,1-2H3;1-2H3. The third-order valence-electron chi connectivity index (χ3n) is 3.44. The van der Waals surface area contributed by atoms with Crippen LogP contribution in [0, 0.1) is 0 Å². The van der Waals surface area contributed by atoms with E-state index in [1.54, 1.807) is 0 Å². The van der Waals surface area contributed by atoms with Crippen LogP contribution in [0.25, 0.3) is 0 Å². The van der Waals surface area contributed by atoms with Gasteiger partial charge in [-0.15, -0.1) is 0 Å². The first kappa shape index (κ1) is 14.7. The lowest BCUT2D eigenvalue weighted by Crippen LogP contribution is -2.34. The topological polar surface area (TPSA) is 20.3 Å². The van der Waals surface area contributed by atoms with Crippen LogP contribution in [0.15, 0.2) is 24.3 Å². The largest absolute Gasteiger partial charge is 0.336 e. The normalized spacial score (nSPS) is 18.2. The Morgan fingerprint density at radius 2 is 2.00 bits per heavy atom. The monoisotopic (exact) mass is 247 g/mol. The molecule has 1 fully saturated rings. The van der Waals surface area contributed by atoms with Crippen molar-refractivity contribution in [3.05, 3.63) is 35.4 Å². The number of carbonyl (C=O) groups excluding carboxylic acids is 1. The highest BCUT2D eigenvalue weighted by atomic mass is 16.2. The van der Waals surface area contributed by atoms with Crippen LogP contribution in [0.3, 0.4) is 0 Å². The lowest BCUT2D eigenvalue weighted by atomic mass is 10.0. The van der Waals surface area contributed by atoms with E-state index >= 15 is 0 Å². The molecule has 0 radical (unpaired) electrons. The molecule has 0 spiro atoms. The molecule has 0 bridgehead atoms. The van der Waals surface area contributed by atoms with Gasteiger partial charge in [0, 0.05) is 18.2 Å². The molecule has 100 valence electrons. The Hall–Kier alpha value is -1.31. The average Bonchev–Trinajstić information content (AvgIpc) is 2.86. The number of hydrogen-bond donors (Lipinski definition) is 0. The number of rotatable bonds is 2. The Balaban J connectivity index is 0.000000771. The van der Waals surface area contributed by atoms with Crippen molar-refractivity contribution in [3.63, 3.8) is 0 Å². The molecule has 1 unspecified atom stereocenters. The van der Waals surface area contributed by atoms with Gasteiger partial charge in [0.05, 0.1) is 0 Å². The molecule has 1 heterocycles. The van der Waals surface area contributed by atoms with Gasteiger partial charge in [0.25, 0.3) is 5.91 Å². The highest BCUT2D eigenvalue weighted by Gasteiger charge is 2.26. The fourth-order valence-corrected chi connectivity index (χ4v) is 2.43. The van der Waals surface area contributed by atoms with Crippen LogP contribution in [-0.4, -0.2) is 23.4 Å². The first-order valence-corrected chi connectivity index (χ1v) is 7.13. The van der Waals surface area contributed by atoms with Crippen molar-refractivity contribution < 1.29 is 4.79 Å². The zero-order valence-corrected chi connectivity index (χ0v) is 12.1. The second-order valence-electron chi connectivity index (χ2n) is 4.50. The van der Waals surface area contributed by atoms with Gasteiger partial charge in [-0.1, -0.05) is 39.0 Å². The number of likely N-dealkylation sites (tertiary alicyclic amines) is 1. The molecular formula is C16H25NO. The number of aryl methyl sites for hydroxylation is 1. The fraction of sp³-hybridized carbons (Fsp3) is 0.562. The minimum Gasteiger partial charge on any atom is -0.336 e. The second-order valence-corrected chi connectivity index (χ2v) is 4.50. The molecule has 0 saturated carbocycles. The fourth-order valence-electron chi connectivity index (χ4n) is 2.43. The Labute approximate surface area is 111 Å². The molecule has 1 amide bonds. The van der Waals surface area contributed by atoms with Crippen molar-refractivity contribution >= 4 is 5.91 Å². The summed E-state index contributed by atoms with van der Waals surface area (Å²) in [5, 5.41) is 0. The molecule has 1 aliphatic heterocycles. The molecule has 2 rings (SSSR count). The smallest absolute Gasteiger partial charge is 0.254 e. The van der Waals surface area contributed by atoms with Gasteiger partial charge >= 0.3 is 0 Å². The maximum Gasteiger partial charge on any atom is 0.254 e. The number of nitrogens with zero attached hydrogens (tertiary/aromatic N) is 1. The maximum absolute atomic E-state index is 12.4. The molecule has 2 nitrogen and oxygen atoms in total. The molecule has 0 aliphatic carbocycles. The molecule has 1 saturated heterocycles. The van der Waals surface area contributed by atoms with Gasteiger partial charge in [0.15, 0.2) is 0 Å². The van der Waals surface area contributed by atoms with Crippen molar-refractivity contribution in [1.82, 2.24) is 4.90 Å². The first-order chi connectivity index (χ1) is 8.74. The zero-order chi connectivity index (χ0) is 13.5. The van der Waals surface area contributed by atoms with E-state index in [1.165, 1.54) is 0 Å². The number of hydrogen-bond acceptors (Lipinski definition) is 1. The number of benzene rings is 1. The Morgan fingerprint density at radius 3 is 2.56 bits per heavy atom. The summed E-state index contributed by atoms with van der Waals surface area (Å²) in [4.78, 5) is 14.4. The van der Waals surface area contributed by atoms with Gasteiger partial charge < -0.3 is 4.90 Å². The van der Waals surface area contributed by atoms with Crippen molar-refractivity contribution in [2.45, 2.75) is 53.0 Å². The van der Waals surface area contributed by atoms with E-state index in [-0.39, 0.29) is 5.91 Å². The average molecular weight is 247 g/mol. The number of amides is 1. The van der Waals surface area contributed by atoms with Crippen LogP contribution in [0.1, 0.15) is 56.5 Å². The van der Waals surface area contributed by atoms with Crippen LogP contribution in [0.2, 0.25) is 0 Å². The van der Waals surface area contributed by atoms with Gasteiger partial charge in [-0.3, -0.25) is 4.79 Å². The molecule has 18 heavy (non-hydrogen) atoms. The SMILES string of the molecule is CC.CCc1ccccc1C(=O)N1CCCC1C. The van der Waals surface area contributed by atoms with Crippen LogP contribution in [-0.2, 0) is 6.42 Å². The summed E-state index contributed by atoms with van der Waals surface area (Å²) < 4.78 is 0. The van der Waals surface area contributed by atoms with Gasteiger partial charge in [0.2, 0.25) is 0 Å². The van der Waals surface area contributed by atoms with Gasteiger partial charge in [-0.2, -0.15) is 0 Å². The highest BCUT2D eigenvalue weighted by Crippen LogP contribution is 2.21. The van der Waals surface area contributed by atoms with E-state index in [0.29, 0.717) is 6.04 Å². The molecule has 1 aliphatic rings. The summed E-state index contributed by atoms with van der Waals surface area (Å²) in [6, 6.07) is 8.36. The molecular weight excluding hydrogens is 222 g/mol. The summed E-state index contributed by atoms with van der Waals surface area (Å²) in [5.74, 6) is 0.211. The summed E-state index contributed by atoms with van der Waals surface area (Å²) in [6.45, 7) is 9.15. The summed E-state index contributed by atoms with van der Waals surface area (Å²) >= 11 is 0. The molecule has 0 N–H and O–H groups in total. The van der Waals surface area contributed by atoms with Crippen LogP contribution in [0.4, 0.5) is 0 Å². The first-order valence-electron chi connectivity index (χ1n) is 7.13. The minimum atomic E-state index is 0.211. The number of carbonyl (C=O) groups is 1. The van der Waals surface area contributed by atoms with Crippen molar-refractivity contribution in [1.29, 1.82) is 0 Å². The summed E-state index contributed by atoms with van der Waals surface area (Å²) in [5.41, 5.74) is 2.05. The van der Waals surface area contributed by atoms with Crippen LogP contribution < -0.4 is 0 Å². The van der Waals surface area contributed by atoms with Crippen LogP contribution >= 0.6 is 0 Å². The van der Waals surface area contributed by atoms with Crippen molar-refractivity contribution in [2.75, 3.05) is 6.54 Å². The van der Waals surface area contributed by atoms with E-state index in [9.17, 15) is 4.79 Å². The zero-order valence-electron chi connectivity index (χ0n) is 12.1. The third kappa shape index (κ3) is 3.12. The lowest BCUT2D eigenvalue weighted by molar-refractivity contribution is 0.0746. The maximum atomic E-state index is 12.4. The Morgan fingerprint density at radius 1 is 1.33 bits per heavy atom. The molecule has 1 aromatic carbocycles. The minimum absolute atomic E-state index is 0.211. The predicted molar refractivity (Wildman–Crippen MR) is 76.9 cm³/mol. The Bertz CT molecular complexity index is 386. The van der Waals surface area contributed by atoms with Gasteiger partial charge in [-0.25, -0.2) is 0 Å². The van der Waals surface area contributed by atoms with E-state index in [4.69, 9.17) is 0 Å². The summed E-state index contributed by atoms with van der Waals surface area (Å²) in [7, 11) is 0. The molecule has 1 aromatic rings. The quantitative estimate of drug-likeness (QED) is 0.776. The lowest BCUT2D eigenvalue weighted by Gasteiger charge is -2.22. The molecule has 0 aromatic heterocycles. The van der Waals surface area contributed by atoms with E-state index in [2.05, 4.69) is 13.8 Å². The predicted octanol–water partition coefficient (Wildman–Crippen LogP) is 3.90. The molecule has 2 heteroatoms. The summed E-state index contributed by atoms with van der Waals surface area (Å²) in [6.07, 6.45) is 3.20. The van der Waals surface area contributed by atoms with Gasteiger partial charge in [0.1, 0.15) is 0 Å². The van der Waals surface area contributed by atoms with E-state index in [0.717, 1.165) is 36.9 Å². The Kier molecular flexibility index (Phi) is 5.90. The third-order valence-corrected chi connectivity index (χ3v) is 3.44. The highest BCUT2D eigenvalue weighted by molar-refractivity contribution is 5.96. The van der Waals surface area contributed by atoms with Crippen molar-refractivity contribution in [3.8, 4) is 0 Å². The molecule has 1 atom stereocenters. The van der Waals surface area contributed by atoms with E-state index in [1.807, 2.05) is 43.0 Å². The van der Waals surface area contributed by atoms with Gasteiger partial charge in [-0.05, 0) is 37.8 Å². The second kappa shape index (κ2) is 7.20. The van der Waals surface area contributed by atoms with Crippen LogP contribution in [0.5, 0.6) is 0 Å². The van der Waals surface area contributed by atoms with E-state index < -0.39 is 0 Å². The van der Waals surface area contributed by atoms with Crippen molar-refractivity contribution in [2.24, 2.45) is 0 Å².